The van der Waals surface area contributed by atoms with Crippen LogP contribution >= 0.6 is 0 Å². The summed E-state index contributed by atoms with van der Waals surface area (Å²) in [6.07, 6.45) is 4.87. The maximum atomic E-state index is 13.8. The summed E-state index contributed by atoms with van der Waals surface area (Å²) in [5.41, 5.74) is 0.433. The summed E-state index contributed by atoms with van der Waals surface area (Å²) in [5.74, 6) is 4.91. The zero-order valence-electron chi connectivity index (χ0n) is 25.1. The van der Waals surface area contributed by atoms with Crippen LogP contribution in [0.15, 0.2) is 65.9 Å². The standard InChI is InChI=1S/C33H35F3N4O4/c1-32(2,3)44-31(42)40-18-8-11-25(21-40)23-12-15-26(16-13-23)38-30-37-20-27(33(34,35)36)28(39-30)17-14-22-9-6-5-7-10-24(22)19-29(41)43-4/h5,7,9-10,12-13,15-16,20,25H,6,8,11,18-19,21H2,1-4H3,(H,37,38,39). The van der Waals surface area contributed by atoms with Gasteiger partial charge >= 0.3 is 18.2 Å². The van der Waals surface area contributed by atoms with Gasteiger partial charge in [-0.3, -0.25) is 4.79 Å². The van der Waals surface area contributed by atoms with Crippen molar-refractivity contribution in [2.24, 2.45) is 0 Å². The highest BCUT2D eigenvalue weighted by molar-refractivity contribution is 5.75. The second-order valence-electron chi connectivity index (χ2n) is 11.4. The molecule has 2 heterocycles. The van der Waals surface area contributed by atoms with Crippen molar-refractivity contribution in [1.82, 2.24) is 14.9 Å². The molecule has 232 valence electrons. The van der Waals surface area contributed by atoms with E-state index < -0.39 is 29.0 Å². The third-order valence-corrected chi connectivity index (χ3v) is 6.92. The molecule has 1 fully saturated rings. The molecular weight excluding hydrogens is 573 g/mol. The van der Waals surface area contributed by atoms with E-state index in [2.05, 4.69) is 27.1 Å². The molecule has 0 saturated carbocycles. The van der Waals surface area contributed by atoms with Gasteiger partial charge in [0.1, 0.15) is 16.9 Å². The van der Waals surface area contributed by atoms with Gasteiger partial charge in [0.2, 0.25) is 5.95 Å². The predicted molar refractivity (Wildman–Crippen MR) is 160 cm³/mol. The quantitative estimate of drug-likeness (QED) is 0.286. The molecule has 0 radical (unpaired) electrons. The number of likely N-dealkylation sites (tertiary alicyclic amines) is 1. The topological polar surface area (TPSA) is 93.7 Å². The zero-order valence-corrected chi connectivity index (χ0v) is 25.1. The fourth-order valence-electron chi connectivity index (χ4n) is 4.76. The molecule has 4 rings (SSSR count). The highest BCUT2D eigenvalue weighted by atomic mass is 19.4. The summed E-state index contributed by atoms with van der Waals surface area (Å²) in [4.78, 5) is 34.1. The smallest absolute Gasteiger partial charge is 0.420 e. The Balaban J connectivity index is 1.52. The second-order valence-corrected chi connectivity index (χ2v) is 11.4. The molecule has 1 N–H and O–H groups in total. The van der Waals surface area contributed by atoms with Crippen LogP contribution in [0.2, 0.25) is 0 Å². The summed E-state index contributed by atoms with van der Waals surface area (Å²) >= 11 is 0. The number of amides is 1. The Hall–Kier alpha value is -4.59. The summed E-state index contributed by atoms with van der Waals surface area (Å²) in [6, 6.07) is 7.42. The number of methoxy groups -OCH3 is 1. The first-order valence-electron chi connectivity index (χ1n) is 14.3. The fourth-order valence-corrected chi connectivity index (χ4v) is 4.76. The van der Waals surface area contributed by atoms with Crippen molar-refractivity contribution in [2.75, 3.05) is 25.5 Å². The molecule has 1 amide bonds. The van der Waals surface area contributed by atoms with Crippen LogP contribution in [0.5, 0.6) is 0 Å². The summed E-state index contributed by atoms with van der Waals surface area (Å²) in [7, 11) is 1.26. The van der Waals surface area contributed by atoms with E-state index in [4.69, 9.17) is 9.47 Å². The zero-order chi connectivity index (χ0) is 31.9. The Morgan fingerprint density at radius 3 is 2.57 bits per heavy atom. The molecule has 1 aromatic heterocycles. The molecule has 1 saturated heterocycles. The van der Waals surface area contributed by atoms with Crippen molar-refractivity contribution in [3.05, 3.63) is 82.7 Å². The van der Waals surface area contributed by atoms with Crippen LogP contribution in [0.1, 0.15) is 69.2 Å². The lowest BCUT2D eigenvalue weighted by atomic mass is 9.90. The Morgan fingerprint density at radius 1 is 1.14 bits per heavy atom. The molecule has 1 aliphatic carbocycles. The fraction of sp³-hybridized carbons (Fsp3) is 0.394. The Kier molecular flexibility index (Phi) is 10.1. The van der Waals surface area contributed by atoms with Crippen molar-refractivity contribution in [2.45, 2.75) is 64.1 Å². The Bertz CT molecular complexity index is 1530. The maximum Gasteiger partial charge on any atom is 0.420 e. The lowest BCUT2D eigenvalue weighted by Gasteiger charge is -2.34. The van der Waals surface area contributed by atoms with Crippen LogP contribution in [-0.2, 0) is 20.4 Å². The number of hydrogen-bond acceptors (Lipinski definition) is 7. The number of hydrogen-bond donors (Lipinski definition) is 1. The van der Waals surface area contributed by atoms with E-state index >= 15 is 0 Å². The van der Waals surface area contributed by atoms with Gasteiger partial charge < -0.3 is 19.7 Å². The normalized spacial score (nSPS) is 17.0. The number of nitrogens with zero attached hydrogens (tertiary/aromatic N) is 3. The van der Waals surface area contributed by atoms with Crippen molar-refractivity contribution in [1.29, 1.82) is 0 Å². The van der Waals surface area contributed by atoms with Crippen LogP contribution in [0.4, 0.5) is 29.6 Å². The van der Waals surface area contributed by atoms with Gasteiger partial charge in [-0.25, -0.2) is 14.8 Å². The largest absolute Gasteiger partial charge is 0.469 e. The molecule has 44 heavy (non-hydrogen) atoms. The van der Waals surface area contributed by atoms with Gasteiger partial charge in [-0.1, -0.05) is 42.4 Å². The molecule has 11 heteroatoms. The number of esters is 1. The maximum absolute atomic E-state index is 13.8. The van der Waals surface area contributed by atoms with Crippen LogP contribution in [0, 0.1) is 11.8 Å². The minimum absolute atomic E-state index is 0.0503. The van der Waals surface area contributed by atoms with Crippen molar-refractivity contribution < 1.29 is 32.2 Å². The van der Waals surface area contributed by atoms with Crippen molar-refractivity contribution in [3.63, 3.8) is 0 Å². The molecule has 2 aliphatic rings. The van der Waals surface area contributed by atoms with E-state index in [1.54, 1.807) is 35.3 Å². The van der Waals surface area contributed by atoms with Gasteiger partial charge in [0.25, 0.3) is 0 Å². The molecule has 2 aromatic rings. The van der Waals surface area contributed by atoms with Crippen molar-refractivity contribution >= 4 is 23.7 Å². The van der Waals surface area contributed by atoms with E-state index in [1.165, 1.54) is 7.11 Å². The molecule has 1 unspecified atom stereocenters. The van der Waals surface area contributed by atoms with E-state index in [0.29, 0.717) is 42.5 Å². The van der Waals surface area contributed by atoms with Gasteiger partial charge in [0, 0.05) is 36.5 Å². The van der Waals surface area contributed by atoms with Gasteiger partial charge in [-0.2, -0.15) is 13.2 Å². The number of benzene rings is 1. The average Bonchev–Trinajstić information content (AvgIpc) is 3.19. The lowest BCUT2D eigenvalue weighted by molar-refractivity contribution is -0.140. The van der Waals surface area contributed by atoms with Crippen LogP contribution in [0.3, 0.4) is 0 Å². The van der Waals surface area contributed by atoms with Gasteiger partial charge in [-0.15, -0.1) is 0 Å². The van der Waals surface area contributed by atoms with Gasteiger partial charge in [-0.05, 0) is 69.2 Å². The molecule has 8 nitrogen and oxygen atoms in total. The Morgan fingerprint density at radius 2 is 1.89 bits per heavy atom. The SMILES string of the molecule is COC(=O)CC1=CC=CCC=C1C#Cc1nc(Nc2ccc(C3CCCN(C(=O)OC(C)(C)C)C3)cc2)ncc1C(F)(F)F. The first-order valence-corrected chi connectivity index (χ1v) is 14.3. The monoisotopic (exact) mass is 608 g/mol. The number of aromatic nitrogens is 2. The second kappa shape index (κ2) is 13.8. The number of nitrogens with one attached hydrogen (secondary N) is 1. The van der Waals surface area contributed by atoms with Gasteiger partial charge in [0.05, 0.1) is 13.5 Å². The molecule has 0 spiro atoms. The minimum Gasteiger partial charge on any atom is -0.469 e. The molecular formula is C33H35F3N4O4. The van der Waals surface area contributed by atoms with Crippen molar-refractivity contribution in [3.8, 4) is 11.8 Å². The van der Waals surface area contributed by atoms with E-state index in [-0.39, 0.29) is 24.4 Å². The highest BCUT2D eigenvalue weighted by Gasteiger charge is 2.35. The summed E-state index contributed by atoms with van der Waals surface area (Å²) < 4.78 is 51.7. The molecule has 1 aromatic carbocycles. The summed E-state index contributed by atoms with van der Waals surface area (Å²) in [6.45, 7) is 6.68. The first-order chi connectivity index (χ1) is 20.8. The lowest BCUT2D eigenvalue weighted by Crippen LogP contribution is -2.42. The van der Waals surface area contributed by atoms with Crippen LogP contribution in [0.25, 0.3) is 0 Å². The van der Waals surface area contributed by atoms with Crippen LogP contribution in [-0.4, -0.2) is 52.7 Å². The molecule has 1 aliphatic heterocycles. The number of alkyl halides is 3. The van der Waals surface area contributed by atoms with E-state index in [9.17, 15) is 22.8 Å². The third-order valence-electron chi connectivity index (χ3n) is 6.92. The Labute approximate surface area is 255 Å². The third kappa shape index (κ3) is 8.96. The minimum atomic E-state index is -4.72. The first kappa shape index (κ1) is 32.3. The van der Waals surface area contributed by atoms with Crippen LogP contribution < -0.4 is 5.32 Å². The highest BCUT2D eigenvalue weighted by Crippen LogP contribution is 2.32. The summed E-state index contributed by atoms with van der Waals surface area (Å²) in [5, 5.41) is 2.96. The molecule has 0 bridgehead atoms. The predicted octanol–water partition coefficient (Wildman–Crippen LogP) is 7.08. The van der Waals surface area contributed by atoms with E-state index in [0.717, 1.165) is 18.4 Å². The number of rotatable bonds is 5. The number of piperidine rings is 1. The number of carbonyl (C=O) groups is 2. The number of ether oxygens (including phenoxy) is 2. The number of allylic oxidation sites excluding steroid dienone is 5. The number of anilines is 2. The van der Waals surface area contributed by atoms with Gasteiger partial charge in [0.15, 0.2) is 0 Å². The number of carbonyl (C=O) groups excluding carboxylic acids is 2. The average molecular weight is 609 g/mol. The van der Waals surface area contributed by atoms with E-state index in [1.807, 2.05) is 39.0 Å². The molecule has 1 atom stereocenters. The number of halogens is 3.